The molecule has 7 nitrogen and oxygen atoms in total. The molecule has 3 aromatic heterocycles. The molecular weight excluding hydrogens is 419 g/mol. The van der Waals surface area contributed by atoms with Crippen LogP contribution in [0.5, 0.6) is 0 Å². The van der Waals surface area contributed by atoms with Gasteiger partial charge in [0.15, 0.2) is 5.16 Å². The highest BCUT2D eigenvalue weighted by Crippen LogP contribution is 2.34. The number of rotatable bonds is 6. The maximum Gasteiger partial charge on any atom is 0.253 e. The summed E-state index contributed by atoms with van der Waals surface area (Å²) in [5.74, 6) is 0.863. The van der Waals surface area contributed by atoms with Gasteiger partial charge < -0.3 is 8.83 Å². The zero-order valence-electron chi connectivity index (χ0n) is 16.2. The summed E-state index contributed by atoms with van der Waals surface area (Å²) in [5.41, 5.74) is 1.33. The molecule has 31 heavy (non-hydrogen) atoms. The van der Waals surface area contributed by atoms with E-state index < -0.39 is 0 Å². The standard InChI is InChI=1S/C22H17FN4O3S/c23-15-4-1-5-16(12-15)26-9-8-24-22(26)31-14-21(28)27-18(20-7-3-11-30-20)13-17(25-27)19-6-2-10-29-19/h1-12,18H,13-14H2. The average Bonchev–Trinajstić information content (AvgIpc) is 3.56. The van der Waals surface area contributed by atoms with Crippen molar-refractivity contribution in [2.45, 2.75) is 17.6 Å². The number of hydrogen-bond acceptors (Lipinski definition) is 6. The highest BCUT2D eigenvalue weighted by Gasteiger charge is 2.35. The molecule has 0 radical (unpaired) electrons. The SMILES string of the molecule is O=C(CSc1nccn1-c1cccc(F)c1)N1N=C(c2ccco2)CC1c1ccco1. The molecule has 1 amide bonds. The number of hydrazone groups is 1. The lowest BCUT2D eigenvalue weighted by Gasteiger charge is -2.19. The molecule has 0 aliphatic carbocycles. The molecule has 5 rings (SSSR count). The molecule has 1 unspecified atom stereocenters. The molecule has 156 valence electrons. The van der Waals surface area contributed by atoms with Crippen LogP contribution in [-0.4, -0.2) is 31.9 Å². The Labute approximate surface area is 181 Å². The topological polar surface area (TPSA) is 76.8 Å². The lowest BCUT2D eigenvalue weighted by molar-refractivity contribution is -0.130. The van der Waals surface area contributed by atoms with E-state index in [-0.39, 0.29) is 23.5 Å². The number of thioether (sulfide) groups is 1. The van der Waals surface area contributed by atoms with Crippen LogP contribution in [0, 0.1) is 5.82 Å². The molecule has 9 heteroatoms. The molecule has 1 aliphatic heterocycles. The predicted molar refractivity (Wildman–Crippen MR) is 112 cm³/mol. The normalized spacial score (nSPS) is 16.0. The van der Waals surface area contributed by atoms with Crippen LogP contribution in [0.1, 0.15) is 24.0 Å². The average molecular weight is 436 g/mol. The minimum absolute atomic E-state index is 0.110. The summed E-state index contributed by atoms with van der Waals surface area (Å²) in [5, 5.41) is 6.55. The van der Waals surface area contributed by atoms with Crippen molar-refractivity contribution in [2.75, 3.05) is 5.75 Å². The third-order valence-corrected chi connectivity index (χ3v) is 5.81. The molecular formula is C22H17FN4O3S. The van der Waals surface area contributed by atoms with Crippen molar-refractivity contribution >= 4 is 23.4 Å². The van der Waals surface area contributed by atoms with Crippen molar-refractivity contribution in [2.24, 2.45) is 5.10 Å². The largest absolute Gasteiger partial charge is 0.467 e. The van der Waals surface area contributed by atoms with Crippen molar-refractivity contribution in [3.63, 3.8) is 0 Å². The zero-order chi connectivity index (χ0) is 21.2. The van der Waals surface area contributed by atoms with Crippen molar-refractivity contribution < 1.29 is 18.0 Å². The van der Waals surface area contributed by atoms with Gasteiger partial charge in [-0.3, -0.25) is 9.36 Å². The van der Waals surface area contributed by atoms with Gasteiger partial charge >= 0.3 is 0 Å². The van der Waals surface area contributed by atoms with E-state index in [4.69, 9.17) is 8.83 Å². The second-order valence-electron chi connectivity index (χ2n) is 6.85. The van der Waals surface area contributed by atoms with E-state index in [0.29, 0.717) is 34.5 Å². The molecule has 1 aliphatic rings. The third-order valence-electron chi connectivity index (χ3n) is 4.86. The van der Waals surface area contributed by atoms with E-state index in [0.717, 1.165) is 0 Å². The quantitative estimate of drug-likeness (QED) is 0.411. The van der Waals surface area contributed by atoms with E-state index >= 15 is 0 Å². The maximum atomic E-state index is 13.6. The van der Waals surface area contributed by atoms with Gasteiger partial charge in [-0.2, -0.15) is 5.10 Å². The summed E-state index contributed by atoms with van der Waals surface area (Å²) >= 11 is 1.26. The number of carbonyl (C=O) groups is 1. The van der Waals surface area contributed by atoms with Crippen LogP contribution in [0.2, 0.25) is 0 Å². The highest BCUT2D eigenvalue weighted by atomic mass is 32.2. The summed E-state index contributed by atoms with van der Waals surface area (Å²) in [4.78, 5) is 17.4. The van der Waals surface area contributed by atoms with E-state index in [1.165, 1.54) is 28.9 Å². The summed E-state index contributed by atoms with van der Waals surface area (Å²) in [6.07, 6.45) is 7.00. The van der Waals surface area contributed by atoms with E-state index in [1.807, 2.05) is 12.1 Å². The van der Waals surface area contributed by atoms with Gasteiger partial charge in [-0.1, -0.05) is 17.8 Å². The number of carbonyl (C=O) groups excluding carboxylic acids is 1. The van der Waals surface area contributed by atoms with E-state index in [9.17, 15) is 9.18 Å². The number of halogens is 1. The number of aromatic nitrogens is 2. The van der Waals surface area contributed by atoms with Crippen LogP contribution in [0.15, 0.2) is 92.5 Å². The van der Waals surface area contributed by atoms with Crippen LogP contribution in [-0.2, 0) is 4.79 Å². The molecule has 4 aromatic rings. The first-order valence-corrected chi connectivity index (χ1v) is 10.6. The molecule has 0 saturated carbocycles. The fourth-order valence-electron chi connectivity index (χ4n) is 3.45. The second kappa shape index (κ2) is 8.27. The van der Waals surface area contributed by atoms with Crippen molar-refractivity contribution in [3.8, 4) is 5.69 Å². The fourth-order valence-corrected chi connectivity index (χ4v) is 4.27. The lowest BCUT2D eigenvalue weighted by atomic mass is 10.1. The summed E-state index contributed by atoms with van der Waals surface area (Å²) in [6.45, 7) is 0. The second-order valence-corrected chi connectivity index (χ2v) is 7.79. The van der Waals surface area contributed by atoms with E-state index in [1.54, 1.807) is 53.8 Å². The Morgan fingerprint density at radius 3 is 2.81 bits per heavy atom. The Kier molecular flexibility index (Phi) is 5.17. The molecule has 0 fully saturated rings. The number of hydrogen-bond donors (Lipinski definition) is 0. The molecule has 0 N–H and O–H groups in total. The molecule has 0 saturated heterocycles. The van der Waals surface area contributed by atoms with Crippen molar-refractivity contribution in [3.05, 3.63) is 90.8 Å². The van der Waals surface area contributed by atoms with Gasteiger partial charge in [-0.15, -0.1) is 0 Å². The van der Waals surface area contributed by atoms with Crippen molar-refractivity contribution in [1.29, 1.82) is 0 Å². The Balaban J connectivity index is 1.35. The van der Waals surface area contributed by atoms with Crippen LogP contribution in [0.4, 0.5) is 4.39 Å². The van der Waals surface area contributed by atoms with Gasteiger partial charge in [-0.25, -0.2) is 14.4 Å². The van der Waals surface area contributed by atoms with Crippen molar-refractivity contribution in [1.82, 2.24) is 14.6 Å². The van der Waals surface area contributed by atoms with Gasteiger partial charge in [0.1, 0.15) is 29.1 Å². The number of amides is 1. The predicted octanol–water partition coefficient (Wildman–Crippen LogP) is 4.67. The lowest BCUT2D eigenvalue weighted by Crippen LogP contribution is -2.28. The van der Waals surface area contributed by atoms with E-state index in [2.05, 4.69) is 10.1 Å². The molecule has 1 aromatic carbocycles. The van der Waals surface area contributed by atoms with Gasteiger partial charge in [0.25, 0.3) is 5.91 Å². The summed E-state index contributed by atoms with van der Waals surface area (Å²) in [7, 11) is 0. The number of nitrogens with zero attached hydrogens (tertiary/aromatic N) is 4. The monoisotopic (exact) mass is 436 g/mol. The van der Waals surface area contributed by atoms with Crippen LogP contribution in [0.3, 0.4) is 0 Å². The van der Waals surface area contributed by atoms with Crippen LogP contribution in [0.25, 0.3) is 5.69 Å². The number of benzene rings is 1. The van der Waals surface area contributed by atoms with Crippen LogP contribution < -0.4 is 0 Å². The zero-order valence-corrected chi connectivity index (χ0v) is 17.0. The number of imidazole rings is 1. The Morgan fingerprint density at radius 2 is 2.03 bits per heavy atom. The third kappa shape index (κ3) is 3.91. The minimum atomic E-state index is -0.342. The Hall–Kier alpha value is -3.59. The van der Waals surface area contributed by atoms with Gasteiger partial charge in [0.2, 0.25) is 0 Å². The fraction of sp³-hybridized carbons (Fsp3) is 0.136. The first-order valence-electron chi connectivity index (χ1n) is 9.58. The smallest absolute Gasteiger partial charge is 0.253 e. The highest BCUT2D eigenvalue weighted by molar-refractivity contribution is 7.99. The first kappa shape index (κ1) is 19.4. The number of furan rings is 2. The van der Waals surface area contributed by atoms with Gasteiger partial charge in [-0.05, 0) is 42.5 Å². The van der Waals surface area contributed by atoms with Crippen LogP contribution >= 0.6 is 11.8 Å². The maximum absolute atomic E-state index is 13.6. The molecule has 0 spiro atoms. The molecule has 4 heterocycles. The molecule has 1 atom stereocenters. The Morgan fingerprint density at radius 1 is 1.16 bits per heavy atom. The minimum Gasteiger partial charge on any atom is -0.467 e. The summed E-state index contributed by atoms with van der Waals surface area (Å²) < 4.78 is 26.4. The first-order chi connectivity index (χ1) is 15.2. The van der Waals surface area contributed by atoms with Gasteiger partial charge in [0.05, 0.1) is 24.0 Å². The Bertz CT molecular complexity index is 1220. The van der Waals surface area contributed by atoms with Gasteiger partial charge in [0, 0.05) is 18.8 Å². The molecule has 0 bridgehead atoms. The summed E-state index contributed by atoms with van der Waals surface area (Å²) in [6, 6.07) is 13.1.